The number of nitrogens with one attached hydrogen (secondary N) is 2. The van der Waals surface area contributed by atoms with Gasteiger partial charge >= 0.3 is 0 Å². The number of hydrogen-bond acceptors (Lipinski definition) is 4. The van der Waals surface area contributed by atoms with E-state index < -0.39 is 0 Å². The summed E-state index contributed by atoms with van der Waals surface area (Å²) in [5.41, 5.74) is 2.32. The van der Waals surface area contributed by atoms with Crippen LogP contribution in [0.4, 0.5) is 0 Å². The van der Waals surface area contributed by atoms with Crippen molar-refractivity contribution in [1.29, 1.82) is 0 Å². The molecule has 3 atom stereocenters. The van der Waals surface area contributed by atoms with E-state index in [1.165, 1.54) is 10.4 Å². The van der Waals surface area contributed by atoms with Crippen molar-refractivity contribution < 1.29 is 0 Å². The molecule has 142 valence electrons. The van der Waals surface area contributed by atoms with Crippen LogP contribution in [0.3, 0.4) is 0 Å². The Balaban J connectivity index is 1.62. The summed E-state index contributed by atoms with van der Waals surface area (Å²) in [6.45, 7) is 6.39. The molecule has 0 fully saturated rings. The maximum atomic E-state index is 12.8. The molecule has 0 aliphatic heterocycles. The molecule has 1 aliphatic carbocycles. The van der Waals surface area contributed by atoms with Gasteiger partial charge in [0.15, 0.2) is 0 Å². The van der Waals surface area contributed by atoms with E-state index in [9.17, 15) is 4.79 Å². The molecule has 3 aromatic rings. The first kappa shape index (κ1) is 18.7. The van der Waals surface area contributed by atoms with Gasteiger partial charge in [-0.2, -0.15) is 0 Å². The average Bonchev–Trinajstić information content (AvgIpc) is 2.99. The van der Waals surface area contributed by atoms with Crippen LogP contribution in [0.15, 0.2) is 29.1 Å². The predicted molar refractivity (Wildman–Crippen MR) is 113 cm³/mol. The second-order valence-electron chi connectivity index (χ2n) is 7.65. The highest BCUT2D eigenvalue weighted by atomic mass is 35.5. The van der Waals surface area contributed by atoms with E-state index >= 15 is 0 Å². The highest BCUT2D eigenvalue weighted by Crippen LogP contribution is 2.35. The van der Waals surface area contributed by atoms with Gasteiger partial charge in [0.05, 0.1) is 11.4 Å². The molecule has 27 heavy (non-hydrogen) atoms. The van der Waals surface area contributed by atoms with Crippen molar-refractivity contribution in [3.05, 3.63) is 61.5 Å². The molecule has 2 aromatic heterocycles. The van der Waals surface area contributed by atoms with Crippen LogP contribution < -0.4 is 10.9 Å². The van der Waals surface area contributed by atoms with Crippen molar-refractivity contribution in [3.63, 3.8) is 0 Å². The fourth-order valence-corrected chi connectivity index (χ4v) is 5.49. The Kier molecular flexibility index (Phi) is 5.10. The minimum Gasteiger partial charge on any atom is -0.309 e. The number of halogens is 1. The molecule has 2 N–H and O–H groups in total. The van der Waals surface area contributed by atoms with Crippen LogP contribution in [0.1, 0.15) is 61.1 Å². The van der Waals surface area contributed by atoms with Crippen LogP contribution in [0, 0.1) is 5.92 Å². The highest BCUT2D eigenvalue weighted by molar-refractivity contribution is 7.18. The Hall–Kier alpha value is -1.69. The summed E-state index contributed by atoms with van der Waals surface area (Å²) in [5.74, 6) is 1.37. The molecule has 4 nitrogen and oxygen atoms in total. The number of H-pyrrole nitrogens is 1. The molecule has 6 heteroatoms. The van der Waals surface area contributed by atoms with E-state index in [4.69, 9.17) is 16.6 Å². The Morgan fingerprint density at radius 1 is 1.33 bits per heavy atom. The van der Waals surface area contributed by atoms with Gasteiger partial charge in [-0.05, 0) is 62.3 Å². The second kappa shape index (κ2) is 7.38. The summed E-state index contributed by atoms with van der Waals surface area (Å²) in [6, 6.07) is 7.84. The van der Waals surface area contributed by atoms with Crippen LogP contribution >= 0.6 is 22.9 Å². The van der Waals surface area contributed by atoms with Gasteiger partial charge in [-0.15, -0.1) is 11.3 Å². The normalized spacial score (nSPS) is 19.0. The molecule has 1 aliphatic rings. The third kappa shape index (κ3) is 3.68. The molecule has 0 amide bonds. The molecule has 0 spiro atoms. The van der Waals surface area contributed by atoms with Gasteiger partial charge in [0.25, 0.3) is 5.56 Å². The molecule has 0 saturated carbocycles. The number of rotatable bonds is 4. The quantitative estimate of drug-likeness (QED) is 0.633. The highest BCUT2D eigenvalue weighted by Gasteiger charge is 2.24. The molecule has 4 rings (SSSR count). The zero-order valence-electron chi connectivity index (χ0n) is 15.8. The fourth-order valence-electron chi connectivity index (χ4n) is 3.90. The van der Waals surface area contributed by atoms with Crippen LogP contribution in [0.5, 0.6) is 0 Å². The van der Waals surface area contributed by atoms with Gasteiger partial charge < -0.3 is 10.3 Å². The lowest BCUT2D eigenvalue weighted by Crippen LogP contribution is -2.26. The first-order valence-electron chi connectivity index (χ1n) is 9.48. The zero-order valence-corrected chi connectivity index (χ0v) is 17.4. The molecule has 1 aromatic carbocycles. The lowest BCUT2D eigenvalue weighted by molar-refractivity contribution is 0.477. The van der Waals surface area contributed by atoms with E-state index in [2.05, 4.69) is 24.1 Å². The maximum Gasteiger partial charge on any atom is 0.259 e. The van der Waals surface area contributed by atoms with Crippen molar-refractivity contribution in [2.24, 2.45) is 5.92 Å². The predicted octanol–water partition coefficient (Wildman–Crippen LogP) is 5.17. The largest absolute Gasteiger partial charge is 0.309 e. The first-order valence-corrected chi connectivity index (χ1v) is 10.7. The lowest BCUT2D eigenvalue weighted by atomic mass is 9.89. The van der Waals surface area contributed by atoms with E-state index in [-0.39, 0.29) is 17.6 Å². The molecule has 0 saturated heterocycles. The Bertz CT molecular complexity index is 1040. The summed E-state index contributed by atoms with van der Waals surface area (Å²) in [4.78, 5) is 22.8. The number of thiophene rings is 1. The lowest BCUT2D eigenvalue weighted by Gasteiger charge is -2.20. The van der Waals surface area contributed by atoms with Gasteiger partial charge in [-0.1, -0.05) is 30.7 Å². The number of benzene rings is 1. The summed E-state index contributed by atoms with van der Waals surface area (Å²) >= 11 is 7.79. The molecular formula is C21H24ClN3OS. The number of nitrogens with zero attached hydrogens (tertiary/aromatic N) is 1. The number of fused-ring (bicyclic) bond motifs is 3. The van der Waals surface area contributed by atoms with Crippen molar-refractivity contribution >= 4 is 33.2 Å². The van der Waals surface area contributed by atoms with Crippen molar-refractivity contribution in [1.82, 2.24) is 15.3 Å². The minimum atomic E-state index is -0.0749. The summed E-state index contributed by atoms with van der Waals surface area (Å²) in [5, 5.41) is 5.04. The standard InChI is InChI=1S/C21H24ClN3OS/c1-11-7-8-16-17(9-11)27-21-18(16)20(26)24-19(25-21)13(3)23-12(2)14-5-4-6-15(22)10-14/h4-6,10-13,23H,7-9H2,1-3H3,(H,24,25,26)/t11-,12+,13-/m1/s1. The number of aromatic nitrogens is 2. The van der Waals surface area contributed by atoms with Crippen molar-refractivity contribution in [2.75, 3.05) is 0 Å². The van der Waals surface area contributed by atoms with Crippen LogP contribution in [-0.2, 0) is 12.8 Å². The third-order valence-corrected chi connectivity index (χ3v) is 6.83. The monoisotopic (exact) mass is 401 g/mol. The van der Waals surface area contributed by atoms with E-state index in [1.54, 1.807) is 11.3 Å². The van der Waals surface area contributed by atoms with Crippen LogP contribution in [-0.4, -0.2) is 9.97 Å². The smallest absolute Gasteiger partial charge is 0.259 e. The molecule has 0 bridgehead atoms. The SMILES string of the molecule is C[C@@H]1CCc2c(sc3nc([C@@H](C)N[C@@H](C)c4cccc(Cl)c4)[nH]c(=O)c23)C1. The summed E-state index contributed by atoms with van der Waals surface area (Å²) in [6.07, 6.45) is 3.19. The molecule has 0 radical (unpaired) electrons. The fraction of sp³-hybridized carbons (Fsp3) is 0.429. The average molecular weight is 402 g/mol. The summed E-state index contributed by atoms with van der Waals surface area (Å²) < 4.78 is 0. The first-order chi connectivity index (χ1) is 12.9. The minimum absolute atomic E-state index is 0.00823. The Morgan fingerprint density at radius 2 is 2.15 bits per heavy atom. The second-order valence-corrected chi connectivity index (χ2v) is 9.17. The Morgan fingerprint density at radius 3 is 2.93 bits per heavy atom. The van der Waals surface area contributed by atoms with Gasteiger partial charge in [0.1, 0.15) is 10.7 Å². The van der Waals surface area contributed by atoms with Crippen molar-refractivity contribution in [3.8, 4) is 0 Å². The van der Waals surface area contributed by atoms with Crippen molar-refractivity contribution in [2.45, 2.75) is 52.1 Å². The summed E-state index contributed by atoms with van der Waals surface area (Å²) in [7, 11) is 0. The Labute approximate surface area is 168 Å². The number of aryl methyl sites for hydroxylation is 1. The molecular weight excluding hydrogens is 378 g/mol. The molecule has 0 unspecified atom stereocenters. The van der Waals surface area contributed by atoms with Crippen LogP contribution in [0.2, 0.25) is 5.02 Å². The van der Waals surface area contributed by atoms with E-state index in [0.29, 0.717) is 11.7 Å². The van der Waals surface area contributed by atoms with Gasteiger partial charge in [0, 0.05) is 15.9 Å². The third-order valence-electron chi connectivity index (χ3n) is 5.44. The van der Waals surface area contributed by atoms with Gasteiger partial charge in [0.2, 0.25) is 0 Å². The van der Waals surface area contributed by atoms with E-state index in [0.717, 1.165) is 40.1 Å². The zero-order chi connectivity index (χ0) is 19.1. The van der Waals surface area contributed by atoms with Gasteiger partial charge in [-0.3, -0.25) is 4.79 Å². The van der Waals surface area contributed by atoms with Gasteiger partial charge in [-0.25, -0.2) is 4.98 Å². The number of aromatic amines is 1. The van der Waals surface area contributed by atoms with E-state index in [1.807, 2.05) is 31.2 Å². The van der Waals surface area contributed by atoms with Crippen LogP contribution in [0.25, 0.3) is 10.2 Å². The number of hydrogen-bond donors (Lipinski definition) is 2. The maximum absolute atomic E-state index is 12.8. The topological polar surface area (TPSA) is 57.8 Å². The molecule has 2 heterocycles.